The first-order valence-electron chi connectivity index (χ1n) is 25.1. The molecular formula is C53H87O14P. The molecule has 0 spiro atoms. The second-order valence-electron chi connectivity index (χ2n) is 17.1. The third kappa shape index (κ3) is 33.3. The molecule has 68 heavy (non-hydrogen) atoms. The number of aliphatic hydroxyl groups excluding tert-OH is 6. The van der Waals surface area contributed by atoms with Crippen LogP contribution in [-0.4, -0.2) is 110 Å². The Bertz CT molecular complexity index is 1570. The van der Waals surface area contributed by atoms with Crippen molar-refractivity contribution in [3.8, 4) is 0 Å². The SMILES string of the molecule is CC/C=C\C/C=C\C/C=C\C/C=C\C=C/C(O)C/C=C\CCC(=O)O[C@H](COC(=O)CCCCCCCCCCC/C=C\C/C=C\CCCCC)COP(=O)(O)OC1[C@H](O)[C@H](O)C(O)[C@H](O)[C@H]1O. The number of phosphoric acid groups is 1. The van der Waals surface area contributed by atoms with Gasteiger partial charge in [-0.2, -0.15) is 0 Å². The first-order valence-corrected chi connectivity index (χ1v) is 26.6. The lowest BCUT2D eigenvalue weighted by Gasteiger charge is -2.41. The first kappa shape index (κ1) is 62.7. The molecule has 1 fully saturated rings. The zero-order valence-electron chi connectivity index (χ0n) is 41.0. The number of hydrogen-bond acceptors (Lipinski definition) is 13. The van der Waals surface area contributed by atoms with E-state index in [1.807, 2.05) is 12.2 Å². The molecule has 1 saturated carbocycles. The Balaban J connectivity index is 2.52. The molecule has 15 heteroatoms. The van der Waals surface area contributed by atoms with Crippen molar-refractivity contribution in [2.75, 3.05) is 13.2 Å². The summed E-state index contributed by atoms with van der Waals surface area (Å²) in [7, 11) is -5.18. The van der Waals surface area contributed by atoms with Crippen LogP contribution in [0.1, 0.15) is 162 Å². The van der Waals surface area contributed by atoms with Gasteiger partial charge in [-0.1, -0.05) is 169 Å². The minimum Gasteiger partial charge on any atom is -0.462 e. The van der Waals surface area contributed by atoms with E-state index in [1.54, 1.807) is 24.3 Å². The summed E-state index contributed by atoms with van der Waals surface area (Å²) in [4.78, 5) is 35.8. The number of carbonyl (C=O) groups is 2. The van der Waals surface area contributed by atoms with Crippen molar-refractivity contribution in [3.63, 3.8) is 0 Å². The van der Waals surface area contributed by atoms with E-state index in [1.165, 1.54) is 51.4 Å². The van der Waals surface area contributed by atoms with Gasteiger partial charge in [0.15, 0.2) is 6.10 Å². The average Bonchev–Trinajstić information content (AvgIpc) is 3.32. The van der Waals surface area contributed by atoms with Gasteiger partial charge in [-0.05, 0) is 77.0 Å². The van der Waals surface area contributed by atoms with Gasteiger partial charge < -0.3 is 45.0 Å². The van der Waals surface area contributed by atoms with Gasteiger partial charge in [0, 0.05) is 12.8 Å². The zero-order valence-corrected chi connectivity index (χ0v) is 41.9. The Morgan fingerprint density at radius 3 is 1.63 bits per heavy atom. The summed E-state index contributed by atoms with van der Waals surface area (Å²) < 4.78 is 33.5. The number of rotatable bonds is 40. The summed E-state index contributed by atoms with van der Waals surface area (Å²) in [5, 5.41) is 60.5. The Morgan fingerprint density at radius 2 is 1.04 bits per heavy atom. The fourth-order valence-corrected chi connectivity index (χ4v) is 7.93. The van der Waals surface area contributed by atoms with Crippen molar-refractivity contribution in [1.82, 2.24) is 0 Å². The normalized spacial score (nSPS) is 22.3. The van der Waals surface area contributed by atoms with E-state index >= 15 is 0 Å². The summed E-state index contributed by atoms with van der Waals surface area (Å²) in [6.45, 7) is 3.01. The molecule has 0 aliphatic heterocycles. The quantitative estimate of drug-likeness (QED) is 0.00997. The van der Waals surface area contributed by atoms with E-state index in [9.17, 15) is 49.7 Å². The predicted octanol–water partition coefficient (Wildman–Crippen LogP) is 9.58. The van der Waals surface area contributed by atoms with E-state index < -0.39 is 81.8 Å². The van der Waals surface area contributed by atoms with Crippen molar-refractivity contribution in [1.29, 1.82) is 0 Å². The van der Waals surface area contributed by atoms with Gasteiger partial charge in [0.1, 0.15) is 43.2 Å². The van der Waals surface area contributed by atoms with Gasteiger partial charge in [-0.15, -0.1) is 0 Å². The molecule has 388 valence electrons. The van der Waals surface area contributed by atoms with Gasteiger partial charge in [0.05, 0.1) is 12.7 Å². The molecule has 0 aromatic heterocycles. The van der Waals surface area contributed by atoms with Crippen molar-refractivity contribution in [2.24, 2.45) is 0 Å². The van der Waals surface area contributed by atoms with Crippen molar-refractivity contribution in [3.05, 3.63) is 97.2 Å². The second kappa shape index (κ2) is 41.5. The molecule has 14 nitrogen and oxygen atoms in total. The lowest BCUT2D eigenvalue weighted by Crippen LogP contribution is -2.64. The Kier molecular flexibility index (Phi) is 38.3. The standard InChI is InChI=1S/C53H87O14P/c1-3-5-7-9-11-13-15-17-18-19-20-21-22-24-26-28-30-32-36-40-46(55)64-42-45(43-65-68(62,63)67-53-51(60)49(58)48(57)50(59)52(53)61)66-47(56)41-37-33-35-39-44(54)38-34-31-29-27-25-23-16-14-12-10-8-6-4-2/h6,8,11-14,17-18,23,25,29,31,33-35,38,44-45,48-54,57-61H,3-5,7,9-10,15-16,19-22,24,26-28,30,32,36-37,39-43H2,1-2H3,(H,62,63)/b8-6-,13-11-,14-12-,18-17-,25-23-,31-29-,35-33-,38-34-/t44?,45-,48?,49-,50+,51-,52-,53?/m1/s1. The average molecular weight is 979 g/mol. The highest BCUT2D eigenvalue weighted by Gasteiger charge is 2.51. The third-order valence-electron chi connectivity index (χ3n) is 11.0. The van der Waals surface area contributed by atoms with Crippen LogP contribution < -0.4 is 0 Å². The second-order valence-corrected chi connectivity index (χ2v) is 18.5. The van der Waals surface area contributed by atoms with Crippen LogP contribution in [0, 0.1) is 0 Å². The van der Waals surface area contributed by atoms with E-state index in [4.69, 9.17) is 18.5 Å². The Morgan fingerprint density at radius 1 is 0.544 bits per heavy atom. The molecule has 0 radical (unpaired) electrons. The highest BCUT2D eigenvalue weighted by Crippen LogP contribution is 2.47. The minimum atomic E-state index is -5.18. The number of aliphatic hydroxyl groups is 6. The molecule has 0 aromatic carbocycles. The van der Waals surface area contributed by atoms with E-state index in [0.717, 1.165) is 64.2 Å². The molecule has 1 rings (SSSR count). The van der Waals surface area contributed by atoms with Crippen LogP contribution in [-0.2, 0) is 32.7 Å². The molecule has 0 bridgehead atoms. The van der Waals surface area contributed by atoms with Crippen LogP contribution >= 0.6 is 7.82 Å². The number of ether oxygens (including phenoxy) is 2. The fourth-order valence-electron chi connectivity index (χ4n) is 6.96. The number of hydrogen-bond donors (Lipinski definition) is 7. The van der Waals surface area contributed by atoms with Crippen LogP contribution in [0.15, 0.2) is 97.2 Å². The van der Waals surface area contributed by atoms with E-state index in [-0.39, 0.29) is 19.3 Å². The monoisotopic (exact) mass is 979 g/mol. The summed E-state index contributed by atoms with van der Waals surface area (Å²) >= 11 is 0. The van der Waals surface area contributed by atoms with E-state index in [0.29, 0.717) is 12.8 Å². The lowest BCUT2D eigenvalue weighted by molar-refractivity contribution is -0.220. The van der Waals surface area contributed by atoms with Crippen LogP contribution in [0.3, 0.4) is 0 Å². The molecule has 0 amide bonds. The summed E-state index contributed by atoms with van der Waals surface area (Å²) in [6.07, 6.45) is 39.0. The molecule has 9 atom stereocenters. The Hall–Kier alpha value is -3.27. The topological polar surface area (TPSA) is 230 Å². The lowest BCUT2D eigenvalue weighted by atomic mass is 9.85. The smallest absolute Gasteiger partial charge is 0.462 e. The molecule has 1 aliphatic rings. The van der Waals surface area contributed by atoms with E-state index in [2.05, 4.69) is 74.6 Å². The number of phosphoric ester groups is 1. The molecule has 7 N–H and O–H groups in total. The third-order valence-corrected chi connectivity index (χ3v) is 12.0. The highest BCUT2D eigenvalue weighted by atomic mass is 31.2. The predicted molar refractivity (Wildman–Crippen MR) is 268 cm³/mol. The Labute approximate surface area is 407 Å². The molecular weight excluding hydrogens is 892 g/mol. The van der Waals surface area contributed by atoms with Crippen molar-refractivity contribution < 1.29 is 68.2 Å². The maximum atomic E-state index is 12.8. The molecule has 0 aromatic rings. The molecule has 4 unspecified atom stereocenters. The summed E-state index contributed by atoms with van der Waals surface area (Å²) in [5.41, 5.74) is 0. The van der Waals surface area contributed by atoms with Crippen LogP contribution in [0.4, 0.5) is 0 Å². The fraction of sp³-hybridized carbons (Fsp3) is 0.660. The maximum Gasteiger partial charge on any atom is 0.472 e. The number of unbranched alkanes of at least 4 members (excludes halogenated alkanes) is 12. The van der Waals surface area contributed by atoms with Gasteiger partial charge in [0.25, 0.3) is 0 Å². The zero-order chi connectivity index (χ0) is 50.1. The van der Waals surface area contributed by atoms with Gasteiger partial charge in [0.2, 0.25) is 0 Å². The van der Waals surface area contributed by atoms with Gasteiger partial charge in [-0.3, -0.25) is 18.6 Å². The van der Waals surface area contributed by atoms with Crippen LogP contribution in [0.25, 0.3) is 0 Å². The minimum absolute atomic E-state index is 0.116. The van der Waals surface area contributed by atoms with Crippen molar-refractivity contribution in [2.45, 2.75) is 210 Å². The largest absolute Gasteiger partial charge is 0.472 e. The summed E-state index contributed by atoms with van der Waals surface area (Å²) in [6, 6.07) is 0. The first-order chi connectivity index (χ1) is 32.8. The number of carbonyl (C=O) groups excluding carboxylic acids is 2. The van der Waals surface area contributed by atoms with Gasteiger partial charge >= 0.3 is 19.8 Å². The van der Waals surface area contributed by atoms with Crippen molar-refractivity contribution >= 4 is 19.8 Å². The molecule has 0 heterocycles. The molecule has 0 saturated heterocycles. The number of esters is 2. The summed E-state index contributed by atoms with van der Waals surface area (Å²) in [5.74, 6) is -1.29. The highest BCUT2D eigenvalue weighted by molar-refractivity contribution is 7.47. The maximum absolute atomic E-state index is 12.8. The van der Waals surface area contributed by atoms with Crippen LogP contribution in [0.5, 0.6) is 0 Å². The van der Waals surface area contributed by atoms with Gasteiger partial charge in [-0.25, -0.2) is 4.57 Å². The molecule has 1 aliphatic carbocycles. The number of allylic oxidation sites excluding steroid dienone is 14. The van der Waals surface area contributed by atoms with Crippen LogP contribution in [0.2, 0.25) is 0 Å².